The molecule has 0 N–H and O–H groups in total. The third kappa shape index (κ3) is 4.22. The molecule has 0 bridgehead atoms. The van der Waals surface area contributed by atoms with Crippen LogP contribution in [0.1, 0.15) is 21.9 Å². The summed E-state index contributed by atoms with van der Waals surface area (Å²) in [7, 11) is 0. The van der Waals surface area contributed by atoms with Crippen molar-refractivity contribution in [1.29, 1.82) is 0 Å². The lowest BCUT2D eigenvalue weighted by atomic mass is 10.2. The number of aromatic nitrogens is 1. The van der Waals surface area contributed by atoms with Gasteiger partial charge >= 0.3 is 0 Å². The normalized spacial score (nSPS) is 11.1. The van der Waals surface area contributed by atoms with Gasteiger partial charge in [-0.2, -0.15) is 8.78 Å². The number of halogens is 4. The molecule has 0 saturated heterocycles. The van der Waals surface area contributed by atoms with E-state index in [1.807, 2.05) is 0 Å². The molecule has 0 saturated carbocycles. The monoisotopic (exact) mass is 377 g/mol. The first kappa shape index (κ1) is 18.4. The van der Waals surface area contributed by atoms with E-state index in [1.54, 1.807) is 12.1 Å². The van der Waals surface area contributed by atoms with Gasteiger partial charge in [-0.25, -0.2) is 8.78 Å². The van der Waals surface area contributed by atoms with Gasteiger partial charge in [0, 0.05) is 24.0 Å². The van der Waals surface area contributed by atoms with Crippen molar-refractivity contribution in [3.05, 3.63) is 89.2 Å². The second-order valence-corrected chi connectivity index (χ2v) is 5.33. The van der Waals surface area contributed by atoms with Gasteiger partial charge in [-0.05, 0) is 36.4 Å². The highest BCUT2D eigenvalue weighted by atomic mass is 19.2. The van der Waals surface area contributed by atoms with E-state index in [-0.39, 0.29) is 23.4 Å². The summed E-state index contributed by atoms with van der Waals surface area (Å²) < 4.78 is 63.5. The molecule has 0 aliphatic rings. The van der Waals surface area contributed by atoms with E-state index in [2.05, 4.69) is 4.98 Å². The van der Waals surface area contributed by atoms with Crippen LogP contribution in [0.2, 0.25) is 0 Å². The molecule has 3 aromatic rings. The van der Waals surface area contributed by atoms with Crippen LogP contribution in [0.4, 0.5) is 17.6 Å². The van der Waals surface area contributed by atoms with Crippen LogP contribution < -0.4 is 4.74 Å². The van der Waals surface area contributed by atoms with Crippen LogP contribution in [0, 0.1) is 23.3 Å². The van der Waals surface area contributed by atoms with Gasteiger partial charge in [0.2, 0.25) is 11.6 Å². The largest absolute Gasteiger partial charge is 0.479 e. The van der Waals surface area contributed by atoms with Gasteiger partial charge in [0.1, 0.15) is 18.1 Å². The fraction of sp³-hybridized carbons (Fsp3) is 0.0526. The molecular weight excluding hydrogens is 366 g/mol. The minimum Gasteiger partial charge on any atom is -0.479 e. The predicted molar refractivity (Wildman–Crippen MR) is 86.9 cm³/mol. The summed E-state index contributed by atoms with van der Waals surface area (Å²) in [5.41, 5.74) is 0.392. The Morgan fingerprint density at radius 1 is 1.11 bits per heavy atom. The van der Waals surface area contributed by atoms with E-state index in [0.717, 1.165) is 0 Å². The molecule has 3 rings (SSSR count). The van der Waals surface area contributed by atoms with Crippen molar-refractivity contribution in [2.45, 2.75) is 6.61 Å². The summed E-state index contributed by atoms with van der Waals surface area (Å²) in [6.45, 7) is -0.471. The van der Waals surface area contributed by atoms with Crippen LogP contribution in [0.25, 0.3) is 6.08 Å². The number of hydrogen-bond acceptors (Lipinski definition) is 4. The molecule has 0 spiro atoms. The highest BCUT2D eigenvalue weighted by Crippen LogP contribution is 2.27. The Kier molecular flexibility index (Phi) is 5.35. The number of ether oxygens (including phenoxy) is 1. The van der Waals surface area contributed by atoms with Crippen molar-refractivity contribution in [2.75, 3.05) is 0 Å². The van der Waals surface area contributed by atoms with Crippen LogP contribution in [-0.2, 0) is 6.61 Å². The molecule has 0 unspecified atom stereocenters. The summed E-state index contributed by atoms with van der Waals surface area (Å²) in [6.07, 6.45) is 5.61. The topological polar surface area (TPSA) is 52.3 Å². The molecule has 2 heterocycles. The maximum absolute atomic E-state index is 13.5. The molecule has 0 aliphatic heterocycles. The van der Waals surface area contributed by atoms with E-state index in [1.165, 1.54) is 36.7 Å². The SMILES string of the molecule is O=C(/C=C/c1ccc(COc2c(F)c(F)cc(F)c2F)o1)c1cccnc1. The number of carbonyl (C=O) groups is 1. The Morgan fingerprint density at radius 2 is 1.85 bits per heavy atom. The first-order valence-corrected chi connectivity index (χ1v) is 7.62. The van der Waals surface area contributed by atoms with E-state index < -0.39 is 35.6 Å². The number of pyridine rings is 1. The number of rotatable bonds is 6. The van der Waals surface area contributed by atoms with Gasteiger partial charge in [-0.15, -0.1) is 0 Å². The van der Waals surface area contributed by atoms with Crippen LogP contribution in [0.3, 0.4) is 0 Å². The molecule has 1 aromatic carbocycles. The first-order valence-electron chi connectivity index (χ1n) is 7.62. The van der Waals surface area contributed by atoms with Crippen molar-refractivity contribution in [3.63, 3.8) is 0 Å². The van der Waals surface area contributed by atoms with Gasteiger partial charge < -0.3 is 9.15 Å². The summed E-state index contributed by atoms with van der Waals surface area (Å²) in [5.74, 6) is -7.47. The minimum atomic E-state index is -1.64. The van der Waals surface area contributed by atoms with E-state index in [0.29, 0.717) is 5.56 Å². The number of carbonyl (C=O) groups excluding carboxylic acids is 1. The molecule has 0 fully saturated rings. The van der Waals surface area contributed by atoms with Crippen molar-refractivity contribution >= 4 is 11.9 Å². The fourth-order valence-electron chi connectivity index (χ4n) is 2.15. The smallest absolute Gasteiger partial charge is 0.203 e. The van der Waals surface area contributed by atoms with E-state index in [4.69, 9.17) is 9.15 Å². The highest BCUT2D eigenvalue weighted by Gasteiger charge is 2.21. The Morgan fingerprint density at radius 3 is 2.52 bits per heavy atom. The molecule has 0 aliphatic carbocycles. The van der Waals surface area contributed by atoms with Crippen LogP contribution in [-0.4, -0.2) is 10.8 Å². The Bertz CT molecular complexity index is 973. The molecule has 138 valence electrons. The summed E-state index contributed by atoms with van der Waals surface area (Å²) in [5, 5.41) is 0. The van der Waals surface area contributed by atoms with Gasteiger partial charge in [-0.1, -0.05) is 0 Å². The summed E-state index contributed by atoms with van der Waals surface area (Å²) >= 11 is 0. The molecule has 27 heavy (non-hydrogen) atoms. The zero-order chi connectivity index (χ0) is 19.4. The number of furan rings is 1. The minimum absolute atomic E-state index is 0.0899. The van der Waals surface area contributed by atoms with E-state index in [9.17, 15) is 22.4 Å². The zero-order valence-corrected chi connectivity index (χ0v) is 13.6. The molecule has 8 heteroatoms. The Balaban J connectivity index is 1.67. The van der Waals surface area contributed by atoms with Gasteiger partial charge in [0.15, 0.2) is 23.2 Å². The van der Waals surface area contributed by atoms with Gasteiger partial charge in [0.25, 0.3) is 0 Å². The molecular formula is C19H11F4NO3. The first-order chi connectivity index (χ1) is 13.0. The van der Waals surface area contributed by atoms with Gasteiger partial charge in [-0.3, -0.25) is 9.78 Å². The van der Waals surface area contributed by atoms with Crippen molar-refractivity contribution in [3.8, 4) is 5.75 Å². The number of allylic oxidation sites excluding steroid dienone is 1. The lowest BCUT2D eigenvalue weighted by molar-refractivity contribution is 0.104. The molecule has 0 atom stereocenters. The number of ketones is 1. The number of nitrogens with zero attached hydrogens (tertiary/aromatic N) is 1. The molecule has 4 nitrogen and oxygen atoms in total. The van der Waals surface area contributed by atoms with Crippen LogP contribution >= 0.6 is 0 Å². The van der Waals surface area contributed by atoms with E-state index >= 15 is 0 Å². The third-order valence-corrected chi connectivity index (χ3v) is 3.46. The summed E-state index contributed by atoms with van der Waals surface area (Å²) in [4.78, 5) is 15.8. The maximum atomic E-state index is 13.5. The lowest BCUT2D eigenvalue weighted by Gasteiger charge is -2.08. The standard InChI is InChI=1S/C19H11F4NO3/c20-14-8-15(21)18(23)19(17(14)22)26-10-13-4-3-12(27-13)5-6-16(25)11-2-1-7-24-9-11/h1-9H,10H2/b6-5+. The van der Waals surface area contributed by atoms with Gasteiger partial charge in [0.05, 0.1) is 0 Å². The average molecular weight is 377 g/mol. The van der Waals surface area contributed by atoms with Crippen molar-refractivity contribution < 1.29 is 31.5 Å². The van der Waals surface area contributed by atoms with Crippen LogP contribution in [0.15, 0.2) is 53.2 Å². The number of hydrogen-bond donors (Lipinski definition) is 0. The quantitative estimate of drug-likeness (QED) is 0.270. The second kappa shape index (κ2) is 7.86. The fourth-order valence-corrected chi connectivity index (χ4v) is 2.15. The molecule has 0 amide bonds. The second-order valence-electron chi connectivity index (χ2n) is 5.33. The zero-order valence-electron chi connectivity index (χ0n) is 13.6. The number of benzene rings is 1. The predicted octanol–water partition coefficient (Wildman–Crippen LogP) is 4.71. The summed E-state index contributed by atoms with van der Waals surface area (Å²) in [6, 6.07) is 6.23. The molecule has 0 radical (unpaired) electrons. The maximum Gasteiger partial charge on any atom is 0.203 e. The molecule has 2 aromatic heterocycles. The van der Waals surface area contributed by atoms with Crippen molar-refractivity contribution in [1.82, 2.24) is 4.98 Å². The Labute approximate surface area is 150 Å². The lowest BCUT2D eigenvalue weighted by Crippen LogP contribution is -2.03. The average Bonchev–Trinajstić information content (AvgIpc) is 3.13. The Hall–Kier alpha value is -3.42. The van der Waals surface area contributed by atoms with Crippen molar-refractivity contribution in [2.24, 2.45) is 0 Å². The van der Waals surface area contributed by atoms with Crippen LogP contribution in [0.5, 0.6) is 5.75 Å². The highest BCUT2D eigenvalue weighted by molar-refractivity contribution is 6.06. The third-order valence-electron chi connectivity index (χ3n) is 3.46.